The Morgan fingerprint density at radius 2 is 1.38 bits per heavy atom. The summed E-state index contributed by atoms with van der Waals surface area (Å²) in [7, 11) is 0.354. The van der Waals surface area contributed by atoms with Gasteiger partial charge in [0.1, 0.15) is 0 Å². The van der Waals surface area contributed by atoms with Gasteiger partial charge in [0.25, 0.3) is 10.0 Å². The zero-order chi connectivity index (χ0) is 24.9. The second-order valence-electron chi connectivity index (χ2n) is 7.05. The van der Waals surface area contributed by atoms with Crippen molar-refractivity contribution in [1.29, 1.82) is 0 Å². The first kappa shape index (κ1) is 25.0. The fraction of sp³-hybridized carbons (Fsp3) is 0.167. The van der Waals surface area contributed by atoms with Crippen LogP contribution in [0.5, 0.6) is 17.2 Å². The van der Waals surface area contributed by atoms with Crippen molar-refractivity contribution >= 4 is 27.9 Å². The molecule has 0 unspecified atom stereocenters. The van der Waals surface area contributed by atoms with E-state index in [-0.39, 0.29) is 5.69 Å². The largest absolute Gasteiger partial charge is 0.493 e. The van der Waals surface area contributed by atoms with E-state index in [1.807, 2.05) is 6.08 Å². The standard InChI is InChI=1S/C24H22F3NO5S/c1-31-21-13-17(14-22(32-2)23(21)33-3)8-7-16-9-11-19(12-10-16)28-34(29,30)20-6-4-5-18(15-20)24(25,26)27/h4-15,28H,1-3H3. The summed E-state index contributed by atoms with van der Waals surface area (Å²) in [4.78, 5) is -0.478. The van der Waals surface area contributed by atoms with Gasteiger partial charge in [0.2, 0.25) is 5.75 Å². The Morgan fingerprint density at radius 1 is 0.794 bits per heavy atom. The molecule has 6 nitrogen and oxygen atoms in total. The highest BCUT2D eigenvalue weighted by Gasteiger charge is 2.31. The highest BCUT2D eigenvalue weighted by atomic mass is 32.2. The van der Waals surface area contributed by atoms with Gasteiger partial charge in [0.15, 0.2) is 11.5 Å². The molecule has 0 aliphatic rings. The highest BCUT2D eigenvalue weighted by molar-refractivity contribution is 7.92. The SMILES string of the molecule is COc1cc(C=Cc2ccc(NS(=O)(=O)c3cccc(C(F)(F)F)c3)cc2)cc(OC)c1OC. The molecule has 0 spiro atoms. The molecule has 1 N–H and O–H groups in total. The van der Waals surface area contributed by atoms with E-state index in [4.69, 9.17) is 14.2 Å². The van der Waals surface area contributed by atoms with Gasteiger partial charge in [-0.25, -0.2) is 8.42 Å². The lowest BCUT2D eigenvalue weighted by Gasteiger charge is -2.13. The van der Waals surface area contributed by atoms with Crippen LogP contribution >= 0.6 is 0 Å². The quantitative estimate of drug-likeness (QED) is 0.408. The Hall–Kier alpha value is -3.66. The average Bonchev–Trinajstić information content (AvgIpc) is 2.82. The van der Waals surface area contributed by atoms with Crippen molar-refractivity contribution in [3.63, 3.8) is 0 Å². The second kappa shape index (κ2) is 10.1. The number of halogens is 3. The third-order valence-corrected chi connectivity index (χ3v) is 6.17. The van der Waals surface area contributed by atoms with E-state index < -0.39 is 26.7 Å². The Labute approximate surface area is 195 Å². The van der Waals surface area contributed by atoms with Crippen molar-refractivity contribution < 1.29 is 35.8 Å². The van der Waals surface area contributed by atoms with Crippen LogP contribution < -0.4 is 18.9 Å². The molecular formula is C24H22F3NO5S. The lowest BCUT2D eigenvalue weighted by atomic mass is 10.1. The molecule has 0 aliphatic heterocycles. The molecule has 0 amide bonds. The third kappa shape index (κ3) is 5.82. The van der Waals surface area contributed by atoms with Gasteiger partial charge in [0.05, 0.1) is 31.8 Å². The monoisotopic (exact) mass is 493 g/mol. The molecule has 3 aromatic carbocycles. The zero-order valence-corrected chi connectivity index (χ0v) is 19.3. The Kier molecular flexibility index (Phi) is 7.41. The summed E-state index contributed by atoms with van der Waals surface area (Å²) in [5, 5.41) is 0. The van der Waals surface area contributed by atoms with Crippen LogP contribution in [0, 0.1) is 0 Å². The zero-order valence-electron chi connectivity index (χ0n) is 18.5. The normalized spacial score (nSPS) is 11.9. The van der Waals surface area contributed by atoms with E-state index in [0.29, 0.717) is 23.3 Å². The molecule has 0 saturated carbocycles. The van der Waals surface area contributed by atoms with E-state index in [9.17, 15) is 21.6 Å². The Morgan fingerprint density at radius 3 is 1.91 bits per heavy atom. The van der Waals surface area contributed by atoms with Gasteiger partial charge in [-0.3, -0.25) is 4.72 Å². The number of hydrogen-bond acceptors (Lipinski definition) is 5. The van der Waals surface area contributed by atoms with Gasteiger partial charge in [-0.15, -0.1) is 0 Å². The lowest BCUT2D eigenvalue weighted by Crippen LogP contribution is -2.14. The van der Waals surface area contributed by atoms with E-state index in [1.54, 1.807) is 30.3 Å². The number of alkyl halides is 3. The molecule has 3 aromatic rings. The summed E-state index contributed by atoms with van der Waals surface area (Å²) in [6.45, 7) is 0. The minimum atomic E-state index is -4.64. The summed E-state index contributed by atoms with van der Waals surface area (Å²) in [6.07, 6.45) is -1.03. The lowest BCUT2D eigenvalue weighted by molar-refractivity contribution is -0.137. The number of rotatable bonds is 8. The van der Waals surface area contributed by atoms with Gasteiger partial charge in [0, 0.05) is 5.69 Å². The maximum atomic E-state index is 12.9. The molecule has 0 radical (unpaired) electrons. The molecule has 34 heavy (non-hydrogen) atoms. The maximum Gasteiger partial charge on any atom is 0.416 e. The minimum Gasteiger partial charge on any atom is -0.493 e. The maximum absolute atomic E-state index is 12.9. The summed E-state index contributed by atoms with van der Waals surface area (Å²) in [5.74, 6) is 1.47. The number of benzene rings is 3. The summed E-state index contributed by atoms with van der Waals surface area (Å²) in [6, 6.07) is 13.5. The fourth-order valence-corrected chi connectivity index (χ4v) is 4.21. The minimum absolute atomic E-state index is 0.211. The average molecular weight is 494 g/mol. The summed E-state index contributed by atoms with van der Waals surface area (Å²) < 4.78 is 82.0. The highest BCUT2D eigenvalue weighted by Crippen LogP contribution is 2.38. The van der Waals surface area contributed by atoms with Crippen LogP contribution in [0.1, 0.15) is 16.7 Å². The van der Waals surface area contributed by atoms with Crippen molar-refractivity contribution in [2.24, 2.45) is 0 Å². The molecule has 0 heterocycles. The molecule has 180 valence electrons. The molecule has 0 bridgehead atoms. The number of anilines is 1. The van der Waals surface area contributed by atoms with Crippen molar-refractivity contribution in [3.05, 3.63) is 77.4 Å². The molecule has 0 aromatic heterocycles. The molecule has 0 fully saturated rings. The molecular weight excluding hydrogens is 471 g/mol. The topological polar surface area (TPSA) is 73.9 Å². The van der Waals surface area contributed by atoms with Crippen molar-refractivity contribution in [1.82, 2.24) is 0 Å². The van der Waals surface area contributed by atoms with Crippen LogP contribution in [0.4, 0.5) is 18.9 Å². The van der Waals surface area contributed by atoms with Gasteiger partial charge >= 0.3 is 6.18 Å². The third-order valence-electron chi connectivity index (χ3n) is 4.79. The summed E-state index contributed by atoms with van der Waals surface area (Å²) in [5.41, 5.74) is 0.713. The van der Waals surface area contributed by atoms with E-state index in [1.165, 1.54) is 33.5 Å². The Balaban J connectivity index is 1.78. The van der Waals surface area contributed by atoms with Gasteiger partial charge in [-0.05, 0) is 53.6 Å². The molecule has 3 rings (SSSR count). The second-order valence-corrected chi connectivity index (χ2v) is 8.73. The van der Waals surface area contributed by atoms with Gasteiger partial charge in [-0.1, -0.05) is 30.4 Å². The number of sulfonamides is 1. The summed E-state index contributed by atoms with van der Waals surface area (Å²) >= 11 is 0. The van der Waals surface area contributed by atoms with Crippen molar-refractivity contribution in [3.8, 4) is 17.2 Å². The smallest absolute Gasteiger partial charge is 0.416 e. The Bertz CT molecular complexity index is 1260. The number of hydrogen-bond donors (Lipinski definition) is 1. The van der Waals surface area contributed by atoms with Crippen LogP contribution in [0.3, 0.4) is 0 Å². The van der Waals surface area contributed by atoms with E-state index in [2.05, 4.69) is 4.72 Å². The number of nitrogens with one attached hydrogen (secondary N) is 1. The van der Waals surface area contributed by atoms with E-state index >= 15 is 0 Å². The van der Waals surface area contributed by atoms with Gasteiger partial charge < -0.3 is 14.2 Å². The molecule has 0 aliphatic carbocycles. The molecule has 0 atom stereocenters. The van der Waals surface area contributed by atoms with Crippen LogP contribution in [0.25, 0.3) is 12.2 Å². The number of methoxy groups -OCH3 is 3. The van der Waals surface area contributed by atoms with Crippen molar-refractivity contribution in [2.75, 3.05) is 26.1 Å². The van der Waals surface area contributed by atoms with E-state index in [0.717, 1.165) is 29.3 Å². The predicted molar refractivity (Wildman–Crippen MR) is 124 cm³/mol. The predicted octanol–water partition coefficient (Wildman–Crippen LogP) is 5.70. The van der Waals surface area contributed by atoms with Crippen LogP contribution in [-0.2, 0) is 16.2 Å². The van der Waals surface area contributed by atoms with Gasteiger partial charge in [-0.2, -0.15) is 13.2 Å². The first-order chi connectivity index (χ1) is 16.1. The first-order valence-electron chi connectivity index (χ1n) is 9.85. The van der Waals surface area contributed by atoms with Crippen LogP contribution in [-0.4, -0.2) is 29.7 Å². The first-order valence-corrected chi connectivity index (χ1v) is 11.3. The molecule has 0 saturated heterocycles. The van der Waals surface area contributed by atoms with Crippen molar-refractivity contribution in [2.45, 2.75) is 11.1 Å². The van der Waals surface area contributed by atoms with Crippen LogP contribution in [0.2, 0.25) is 0 Å². The fourth-order valence-electron chi connectivity index (χ4n) is 3.11. The van der Waals surface area contributed by atoms with Crippen LogP contribution in [0.15, 0.2) is 65.6 Å². The molecule has 10 heteroatoms. The number of ether oxygens (including phenoxy) is 3.